The number of nitrogens with two attached hydrogens (primary N) is 3. The Bertz CT molecular complexity index is 809. The highest BCUT2D eigenvalue weighted by molar-refractivity contribution is 5.96. The molecule has 0 radical (unpaired) electrons. The lowest BCUT2D eigenvalue weighted by molar-refractivity contribution is 0.0995. The molecule has 1 fully saturated rings. The van der Waals surface area contributed by atoms with Crippen LogP contribution in [-0.4, -0.2) is 33.2 Å². The average molecular weight is 356 g/mol. The molecule has 1 aliphatic rings. The first-order valence-corrected chi connectivity index (χ1v) is 8.64. The predicted octanol–water partition coefficient (Wildman–Crippen LogP) is 1.29. The number of carbonyl (C=O) groups excluding carboxylic acids is 1. The lowest BCUT2D eigenvalue weighted by Gasteiger charge is -2.29. The van der Waals surface area contributed by atoms with Gasteiger partial charge in [-0.25, -0.2) is 0 Å². The van der Waals surface area contributed by atoms with E-state index in [0.717, 1.165) is 31.2 Å². The molecule has 1 amide bonds. The molecule has 0 bridgehead atoms. The van der Waals surface area contributed by atoms with Crippen LogP contribution in [0.5, 0.6) is 0 Å². The number of nitrogens with one attached hydrogen (secondary N) is 2. The van der Waals surface area contributed by atoms with Crippen molar-refractivity contribution in [3.8, 4) is 0 Å². The van der Waals surface area contributed by atoms with Crippen LogP contribution in [0, 0.1) is 6.92 Å². The van der Waals surface area contributed by atoms with Gasteiger partial charge < -0.3 is 27.8 Å². The topological polar surface area (TPSA) is 158 Å². The van der Waals surface area contributed by atoms with E-state index < -0.39 is 5.91 Å². The highest BCUT2D eigenvalue weighted by atomic mass is 16.1. The van der Waals surface area contributed by atoms with Crippen LogP contribution in [0.2, 0.25) is 0 Å². The quantitative estimate of drug-likeness (QED) is 0.501. The highest BCUT2D eigenvalue weighted by Gasteiger charge is 2.23. The molecule has 1 heterocycles. The number of hydrogen-bond acceptors (Lipinski definition) is 8. The van der Waals surface area contributed by atoms with E-state index in [2.05, 4.69) is 25.8 Å². The molecule has 2 aromatic rings. The van der Waals surface area contributed by atoms with Crippen LogP contribution in [0.3, 0.4) is 0 Å². The molecular formula is C17H24N8O. The van der Waals surface area contributed by atoms with Crippen molar-refractivity contribution in [2.75, 3.05) is 16.4 Å². The maximum atomic E-state index is 11.7. The molecule has 26 heavy (non-hydrogen) atoms. The molecule has 1 aromatic carbocycles. The van der Waals surface area contributed by atoms with Crippen molar-refractivity contribution in [3.63, 3.8) is 0 Å². The third kappa shape index (κ3) is 3.99. The maximum absolute atomic E-state index is 11.7. The zero-order chi connectivity index (χ0) is 18.7. The summed E-state index contributed by atoms with van der Waals surface area (Å²) in [5, 5.41) is 14.2. The number of aromatic nitrogens is 3. The molecule has 0 spiro atoms. The smallest absolute Gasteiger partial charge is 0.273 e. The van der Waals surface area contributed by atoms with Gasteiger partial charge in [0.05, 0.1) is 0 Å². The number of amides is 1. The van der Waals surface area contributed by atoms with E-state index in [1.54, 1.807) is 6.07 Å². The van der Waals surface area contributed by atoms with Gasteiger partial charge in [0.1, 0.15) is 0 Å². The summed E-state index contributed by atoms with van der Waals surface area (Å²) in [5.41, 5.74) is 19.7. The third-order valence-corrected chi connectivity index (χ3v) is 4.60. The van der Waals surface area contributed by atoms with Gasteiger partial charge in [0, 0.05) is 23.5 Å². The molecule has 1 aromatic heterocycles. The molecule has 9 heteroatoms. The summed E-state index contributed by atoms with van der Waals surface area (Å²) in [4.78, 5) is 16.0. The Morgan fingerprint density at radius 3 is 2.69 bits per heavy atom. The van der Waals surface area contributed by atoms with Crippen LogP contribution in [0.15, 0.2) is 18.2 Å². The first-order chi connectivity index (χ1) is 12.4. The second-order valence-electron chi connectivity index (χ2n) is 6.59. The summed E-state index contributed by atoms with van der Waals surface area (Å²) in [6, 6.07) is 5.58. The molecule has 1 saturated carbocycles. The Kier molecular flexibility index (Phi) is 5.17. The number of nitrogen functional groups attached to an aromatic ring is 1. The fraction of sp³-hybridized carbons (Fsp3) is 0.412. The van der Waals surface area contributed by atoms with E-state index in [9.17, 15) is 4.79 Å². The zero-order valence-corrected chi connectivity index (χ0v) is 14.7. The van der Waals surface area contributed by atoms with Crippen molar-refractivity contribution in [3.05, 3.63) is 29.5 Å². The Balaban J connectivity index is 1.86. The van der Waals surface area contributed by atoms with Crippen molar-refractivity contribution >= 4 is 29.0 Å². The number of rotatable bonds is 5. The van der Waals surface area contributed by atoms with Crippen molar-refractivity contribution < 1.29 is 4.79 Å². The Morgan fingerprint density at radius 1 is 1.23 bits per heavy atom. The minimum Gasteiger partial charge on any atom is -0.398 e. The molecular weight excluding hydrogens is 332 g/mol. The van der Waals surface area contributed by atoms with E-state index in [-0.39, 0.29) is 23.6 Å². The Morgan fingerprint density at radius 2 is 2.00 bits per heavy atom. The largest absolute Gasteiger partial charge is 0.398 e. The van der Waals surface area contributed by atoms with Crippen LogP contribution in [-0.2, 0) is 0 Å². The van der Waals surface area contributed by atoms with E-state index in [1.165, 1.54) is 0 Å². The van der Waals surface area contributed by atoms with Crippen molar-refractivity contribution in [1.29, 1.82) is 0 Å². The van der Waals surface area contributed by atoms with Crippen LogP contribution in [0.4, 0.5) is 23.1 Å². The molecule has 0 saturated heterocycles. The van der Waals surface area contributed by atoms with E-state index in [4.69, 9.17) is 17.2 Å². The summed E-state index contributed by atoms with van der Waals surface area (Å²) < 4.78 is 0. The first kappa shape index (κ1) is 17.9. The number of anilines is 4. The number of carbonyl (C=O) groups is 1. The summed E-state index contributed by atoms with van der Waals surface area (Å²) in [6.45, 7) is 1.91. The van der Waals surface area contributed by atoms with Crippen molar-refractivity contribution in [2.45, 2.75) is 44.7 Å². The van der Waals surface area contributed by atoms with Gasteiger partial charge in [-0.1, -0.05) is 18.9 Å². The monoisotopic (exact) mass is 356 g/mol. The predicted molar refractivity (Wildman–Crippen MR) is 101 cm³/mol. The summed E-state index contributed by atoms with van der Waals surface area (Å²) >= 11 is 0. The lowest BCUT2D eigenvalue weighted by Crippen LogP contribution is -2.43. The molecule has 3 rings (SSSR count). The van der Waals surface area contributed by atoms with Gasteiger partial charge in [-0.15, -0.1) is 10.2 Å². The van der Waals surface area contributed by atoms with Gasteiger partial charge in [0.25, 0.3) is 5.91 Å². The van der Waals surface area contributed by atoms with Crippen LogP contribution in [0.1, 0.15) is 41.7 Å². The third-order valence-electron chi connectivity index (χ3n) is 4.60. The Hall–Kier alpha value is -2.94. The van der Waals surface area contributed by atoms with Crippen molar-refractivity contribution in [2.24, 2.45) is 11.5 Å². The molecule has 2 atom stereocenters. The standard InChI is InChI=1S/C17H24N8O/c1-9-6-7-10(8-12(9)19)21-16-14(15(20)26)24-25-17(23-16)22-13-5-3-2-4-11(13)18/h6-8,11,13H,2-5,18-19H2,1H3,(H2,20,26)(H2,21,22,23,25)/t11-,13+/m0/s1. The second kappa shape index (κ2) is 7.52. The van der Waals surface area contributed by atoms with E-state index in [1.807, 2.05) is 19.1 Å². The highest BCUT2D eigenvalue weighted by Crippen LogP contribution is 2.24. The van der Waals surface area contributed by atoms with Crippen molar-refractivity contribution in [1.82, 2.24) is 15.2 Å². The molecule has 9 nitrogen and oxygen atoms in total. The molecule has 138 valence electrons. The zero-order valence-electron chi connectivity index (χ0n) is 14.7. The minimum absolute atomic E-state index is 0.0384. The lowest BCUT2D eigenvalue weighted by atomic mass is 9.91. The number of aryl methyl sites for hydroxylation is 1. The molecule has 1 aliphatic carbocycles. The van der Waals surface area contributed by atoms with Gasteiger partial charge in [0.2, 0.25) is 5.95 Å². The Labute approximate surface area is 151 Å². The second-order valence-corrected chi connectivity index (χ2v) is 6.59. The molecule has 8 N–H and O–H groups in total. The average Bonchev–Trinajstić information content (AvgIpc) is 2.60. The summed E-state index contributed by atoms with van der Waals surface area (Å²) in [6.07, 6.45) is 4.13. The maximum Gasteiger partial charge on any atom is 0.273 e. The van der Waals surface area contributed by atoms with Gasteiger partial charge in [-0.3, -0.25) is 4.79 Å². The number of nitrogens with zero attached hydrogens (tertiary/aromatic N) is 3. The number of benzene rings is 1. The fourth-order valence-corrected chi connectivity index (χ4v) is 3.00. The van der Waals surface area contributed by atoms with Crippen LogP contribution >= 0.6 is 0 Å². The fourth-order valence-electron chi connectivity index (χ4n) is 3.00. The number of hydrogen-bond donors (Lipinski definition) is 5. The summed E-state index contributed by atoms with van der Waals surface area (Å²) in [7, 11) is 0. The number of primary amides is 1. The first-order valence-electron chi connectivity index (χ1n) is 8.64. The minimum atomic E-state index is -0.714. The molecule has 0 aliphatic heterocycles. The SMILES string of the molecule is Cc1ccc(Nc2nc(N[C@@H]3CCCC[C@@H]3N)nnc2C(N)=O)cc1N. The van der Waals surface area contributed by atoms with Crippen LogP contribution in [0.25, 0.3) is 0 Å². The van der Waals surface area contributed by atoms with E-state index in [0.29, 0.717) is 17.3 Å². The van der Waals surface area contributed by atoms with Gasteiger partial charge in [0.15, 0.2) is 11.5 Å². The van der Waals surface area contributed by atoms with Gasteiger partial charge in [-0.2, -0.15) is 4.98 Å². The van der Waals surface area contributed by atoms with Gasteiger partial charge in [-0.05, 0) is 37.5 Å². The summed E-state index contributed by atoms with van der Waals surface area (Å²) in [5.74, 6) is -0.184. The van der Waals surface area contributed by atoms with Gasteiger partial charge >= 0.3 is 0 Å². The molecule has 0 unspecified atom stereocenters. The van der Waals surface area contributed by atoms with E-state index >= 15 is 0 Å². The normalized spacial score (nSPS) is 19.8. The van der Waals surface area contributed by atoms with Crippen LogP contribution < -0.4 is 27.8 Å².